The van der Waals surface area contributed by atoms with Crippen LogP contribution in [0.4, 0.5) is 16.3 Å². The number of carbonyl (C=O) groups is 1. The van der Waals surface area contributed by atoms with Crippen molar-refractivity contribution in [1.82, 2.24) is 14.4 Å². The molecule has 0 bridgehead atoms. The minimum Gasteiger partial charge on any atom is -0.308 e. The molecule has 2 N–H and O–H groups in total. The van der Waals surface area contributed by atoms with Gasteiger partial charge in [0.05, 0.1) is 0 Å². The van der Waals surface area contributed by atoms with Gasteiger partial charge in [-0.3, -0.25) is 14.7 Å². The number of nitrogens with one attached hydrogen (secondary N) is 2. The van der Waals surface area contributed by atoms with E-state index in [1.165, 1.54) is 0 Å². The molecule has 0 aliphatic rings. The fraction of sp³-hybridized carbons (Fsp3) is 0.0500. The largest absolute Gasteiger partial charge is 0.324 e. The lowest BCUT2D eigenvalue weighted by Crippen LogP contribution is -2.20. The van der Waals surface area contributed by atoms with Crippen LogP contribution in [-0.2, 0) is 0 Å². The number of carbonyl (C=O) groups excluding carboxylic acids is 1. The Labute approximate surface area is 160 Å². The Bertz CT molecular complexity index is 1090. The molecule has 7 heteroatoms. The van der Waals surface area contributed by atoms with Crippen LogP contribution in [0.25, 0.3) is 16.9 Å². The molecular weight excluding hydrogens is 358 g/mol. The summed E-state index contributed by atoms with van der Waals surface area (Å²) in [7, 11) is 0. The Morgan fingerprint density at radius 2 is 1.89 bits per heavy atom. The summed E-state index contributed by atoms with van der Waals surface area (Å²) >= 11 is 1.63. The smallest absolute Gasteiger partial charge is 0.308 e. The number of hydrogen-bond acceptors (Lipinski definition) is 4. The van der Waals surface area contributed by atoms with Crippen molar-refractivity contribution in [1.29, 1.82) is 0 Å². The number of nitrogens with zero attached hydrogens (tertiary/aromatic N) is 3. The van der Waals surface area contributed by atoms with Gasteiger partial charge in [0.15, 0.2) is 0 Å². The lowest BCUT2D eigenvalue weighted by molar-refractivity contribution is 0.262. The molecule has 0 atom stereocenters. The second kappa shape index (κ2) is 7.51. The van der Waals surface area contributed by atoms with Crippen LogP contribution < -0.4 is 10.6 Å². The van der Waals surface area contributed by atoms with Crippen molar-refractivity contribution in [3.8, 4) is 11.3 Å². The van der Waals surface area contributed by atoms with Gasteiger partial charge in [-0.15, -0.1) is 11.8 Å². The Morgan fingerprint density at radius 3 is 2.70 bits per heavy atom. The van der Waals surface area contributed by atoms with Crippen LogP contribution in [-0.4, -0.2) is 26.7 Å². The van der Waals surface area contributed by atoms with E-state index in [4.69, 9.17) is 0 Å². The van der Waals surface area contributed by atoms with Crippen LogP contribution in [0.15, 0.2) is 78.1 Å². The van der Waals surface area contributed by atoms with Crippen molar-refractivity contribution >= 4 is 34.9 Å². The number of anilines is 2. The Morgan fingerprint density at radius 1 is 1.04 bits per heavy atom. The van der Waals surface area contributed by atoms with Gasteiger partial charge in [-0.1, -0.05) is 12.1 Å². The van der Waals surface area contributed by atoms with Crippen molar-refractivity contribution in [3.63, 3.8) is 0 Å². The lowest BCUT2D eigenvalue weighted by atomic mass is 10.2. The number of urea groups is 1. The normalized spacial score (nSPS) is 10.7. The van der Waals surface area contributed by atoms with Crippen molar-refractivity contribution < 1.29 is 4.79 Å². The van der Waals surface area contributed by atoms with Gasteiger partial charge in [0.1, 0.15) is 17.2 Å². The summed E-state index contributed by atoms with van der Waals surface area (Å²) in [6.07, 6.45) is 7.28. The van der Waals surface area contributed by atoms with E-state index in [9.17, 15) is 4.79 Å². The zero-order valence-corrected chi connectivity index (χ0v) is 15.4. The highest BCUT2D eigenvalue weighted by atomic mass is 32.2. The first-order chi connectivity index (χ1) is 13.2. The van der Waals surface area contributed by atoms with E-state index in [-0.39, 0.29) is 6.03 Å². The van der Waals surface area contributed by atoms with Crippen molar-refractivity contribution in [2.45, 2.75) is 4.90 Å². The topological polar surface area (TPSA) is 71.3 Å². The molecule has 0 spiro atoms. The summed E-state index contributed by atoms with van der Waals surface area (Å²) in [5, 5.41) is 5.82. The molecule has 0 unspecified atom stereocenters. The highest BCUT2D eigenvalue weighted by Gasteiger charge is 2.16. The standard InChI is InChI=1S/C20H17N5OS/c1-27-16-6-4-5-15(13-16)22-20(26)24-19-18(14-8-10-21-11-9-14)23-17-7-2-3-12-25(17)19/h2-13H,1H3,(H2,22,24,26). The first-order valence-electron chi connectivity index (χ1n) is 8.34. The highest BCUT2D eigenvalue weighted by molar-refractivity contribution is 7.98. The van der Waals surface area contributed by atoms with Gasteiger partial charge in [0, 0.05) is 34.7 Å². The molecule has 1 aromatic carbocycles. The van der Waals surface area contributed by atoms with Gasteiger partial charge in [-0.05, 0) is 48.7 Å². The maximum atomic E-state index is 12.6. The third-order valence-corrected chi connectivity index (χ3v) is 4.77. The molecule has 0 radical (unpaired) electrons. The molecule has 3 heterocycles. The Balaban J connectivity index is 1.67. The van der Waals surface area contributed by atoms with Crippen LogP contribution >= 0.6 is 11.8 Å². The third kappa shape index (κ3) is 3.63. The van der Waals surface area contributed by atoms with Gasteiger partial charge in [-0.2, -0.15) is 0 Å². The van der Waals surface area contributed by atoms with Crippen LogP contribution in [0.2, 0.25) is 0 Å². The summed E-state index contributed by atoms with van der Waals surface area (Å²) in [6.45, 7) is 0. The number of rotatable bonds is 4. The molecule has 0 saturated heterocycles. The first kappa shape index (κ1) is 17.1. The van der Waals surface area contributed by atoms with E-state index >= 15 is 0 Å². The number of amides is 2. The third-order valence-electron chi connectivity index (χ3n) is 4.04. The summed E-state index contributed by atoms with van der Waals surface area (Å²) in [6, 6.07) is 16.8. The number of fused-ring (bicyclic) bond motifs is 1. The number of thioether (sulfide) groups is 1. The highest BCUT2D eigenvalue weighted by Crippen LogP contribution is 2.28. The number of hydrogen-bond donors (Lipinski definition) is 2. The van der Waals surface area contributed by atoms with E-state index in [0.717, 1.165) is 21.8 Å². The molecule has 0 fully saturated rings. The zero-order valence-electron chi connectivity index (χ0n) is 14.6. The van der Waals surface area contributed by atoms with Crippen LogP contribution in [0.5, 0.6) is 0 Å². The zero-order chi connectivity index (χ0) is 18.6. The second-order valence-electron chi connectivity index (χ2n) is 5.78. The predicted molar refractivity (Wildman–Crippen MR) is 109 cm³/mol. The van der Waals surface area contributed by atoms with Crippen molar-refractivity contribution in [2.75, 3.05) is 16.9 Å². The van der Waals surface area contributed by atoms with Crippen LogP contribution in [0.3, 0.4) is 0 Å². The van der Waals surface area contributed by atoms with Gasteiger partial charge in [0.2, 0.25) is 0 Å². The molecular formula is C20H17N5OS. The Kier molecular flexibility index (Phi) is 4.76. The van der Waals surface area contributed by atoms with Gasteiger partial charge < -0.3 is 5.32 Å². The predicted octanol–water partition coefficient (Wildman–Crippen LogP) is 4.76. The summed E-state index contributed by atoms with van der Waals surface area (Å²) in [4.78, 5) is 22.4. The quantitative estimate of drug-likeness (QED) is 0.504. The average Bonchev–Trinajstić information content (AvgIpc) is 3.07. The summed E-state index contributed by atoms with van der Waals surface area (Å²) in [5.41, 5.74) is 3.06. The first-order valence-corrected chi connectivity index (χ1v) is 9.56. The molecule has 2 amide bonds. The number of benzene rings is 1. The second-order valence-corrected chi connectivity index (χ2v) is 6.66. The molecule has 4 aromatic rings. The molecule has 134 valence electrons. The van der Waals surface area contributed by atoms with Gasteiger partial charge in [-0.25, -0.2) is 9.78 Å². The maximum Gasteiger partial charge on any atom is 0.324 e. The Hall–Kier alpha value is -3.32. The lowest BCUT2D eigenvalue weighted by Gasteiger charge is -2.10. The molecule has 0 aliphatic heterocycles. The monoisotopic (exact) mass is 375 g/mol. The van der Waals surface area contributed by atoms with E-state index in [2.05, 4.69) is 20.6 Å². The van der Waals surface area contributed by atoms with Gasteiger partial charge in [0.25, 0.3) is 0 Å². The number of imidazole rings is 1. The molecule has 27 heavy (non-hydrogen) atoms. The minimum absolute atomic E-state index is 0.325. The fourth-order valence-electron chi connectivity index (χ4n) is 2.80. The number of aromatic nitrogens is 3. The summed E-state index contributed by atoms with van der Waals surface area (Å²) in [5.74, 6) is 0.607. The fourth-order valence-corrected chi connectivity index (χ4v) is 3.26. The van der Waals surface area contributed by atoms with E-state index in [1.807, 2.05) is 71.5 Å². The summed E-state index contributed by atoms with van der Waals surface area (Å²) < 4.78 is 1.85. The minimum atomic E-state index is -0.325. The van der Waals surface area contributed by atoms with Crippen molar-refractivity contribution in [2.24, 2.45) is 0 Å². The molecule has 0 aliphatic carbocycles. The van der Waals surface area contributed by atoms with Gasteiger partial charge >= 0.3 is 6.03 Å². The number of pyridine rings is 2. The average molecular weight is 375 g/mol. The molecule has 4 rings (SSSR count). The van der Waals surface area contributed by atoms with Crippen LogP contribution in [0, 0.1) is 0 Å². The van der Waals surface area contributed by atoms with E-state index < -0.39 is 0 Å². The van der Waals surface area contributed by atoms with E-state index in [1.54, 1.807) is 24.2 Å². The van der Waals surface area contributed by atoms with E-state index in [0.29, 0.717) is 11.5 Å². The molecule has 6 nitrogen and oxygen atoms in total. The van der Waals surface area contributed by atoms with Crippen LogP contribution in [0.1, 0.15) is 0 Å². The molecule has 0 saturated carbocycles. The maximum absolute atomic E-state index is 12.6. The van der Waals surface area contributed by atoms with Crippen molar-refractivity contribution in [3.05, 3.63) is 73.2 Å². The SMILES string of the molecule is CSc1cccc(NC(=O)Nc2c(-c3ccncc3)nc3ccccn23)c1. The molecule has 3 aromatic heterocycles.